The van der Waals surface area contributed by atoms with Gasteiger partial charge in [0.15, 0.2) is 8.32 Å². The SMILES string of the molecule is CC(C)(O)CCCC1(C2CCC3[C@@H](O[Si](C)(C)C(C)(C)C)CCC[C@@]32C)CC1CO. The van der Waals surface area contributed by atoms with Crippen molar-refractivity contribution in [3.8, 4) is 0 Å². The van der Waals surface area contributed by atoms with Crippen LogP contribution in [0, 0.1) is 28.6 Å². The first-order valence-corrected chi connectivity index (χ1v) is 15.6. The Bertz CT molecular complexity index is 604. The largest absolute Gasteiger partial charge is 0.414 e. The molecule has 0 aromatic carbocycles. The van der Waals surface area contributed by atoms with Crippen molar-refractivity contribution in [1.82, 2.24) is 0 Å². The van der Waals surface area contributed by atoms with Crippen molar-refractivity contribution in [2.75, 3.05) is 6.61 Å². The molecule has 0 heterocycles. The summed E-state index contributed by atoms with van der Waals surface area (Å²) >= 11 is 0. The van der Waals surface area contributed by atoms with E-state index in [0.29, 0.717) is 41.3 Å². The molecular formula is C26H50O3Si. The molecule has 0 bridgehead atoms. The van der Waals surface area contributed by atoms with E-state index in [1.165, 1.54) is 44.9 Å². The first kappa shape index (κ1) is 24.7. The average molecular weight is 439 g/mol. The highest BCUT2D eigenvalue weighted by Gasteiger charge is 2.66. The van der Waals surface area contributed by atoms with E-state index in [1.54, 1.807) is 0 Å². The first-order chi connectivity index (χ1) is 13.7. The average Bonchev–Trinajstić information content (AvgIpc) is 3.16. The monoisotopic (exact) mass is 438 g/mol. The predicted octanol–water partition coefficient (Wildman–Crippen LogP) is 6.53. The summed E-state index contributed by atoms with van der Waals surface area (Å²) < 4.78 is 7.04. The van der Waals surface area contributed by atoms with Crippen molar-refractivity contribution < 1.29 is 14.6 Å². The third-order valence-electron chi connectivity index (χ3n) is 9.94. The molecule has 0 radical (unpaired) electrons. The van der Waals surface area contributed by atoms with E-state index in [9.17, 15) is 10.2 Å². The third-order valence-corrected chi connectivity index (χ3v) is 14.4. The Balaban J connectivity index is 1.77. The van der Waals surface area contributed by atoms with E-state index in [2.05, 4.69) is 40.8 Å². The van der Waals surface area contributed by atoms with Crippen LogP contribution in [0.5, 0.6) is 0 Å². The molecule has 3 saturated carbocycles. The van der Waals surface area contributed by atoms with Gasteiger partial charge in [0.25, 0.3) is 0 Å². The molecule has 3 nitrogen and oxygen atoms in total. The fraction of sp³-hybridized carbons (Fsp3) is 1.00. The Labute approximate surface area is 187 Å². The van der Waals surface area contributed by atoms with Gasteiger partial charge >= 0.3 is 0 Å². The highest BCUT2D eigenvalue weighted by atomic mass is 28.4. The highest BCUT2D eigenvalue weighted by Crippen LogP contribution is 2.72. The number of hydrogen-bond acceptors (Lipinski definition) is 3. The second-order valence-electron chi connectivity index (χ2n) is 13.5. The van der Waals surface area contributed by atoms with Crippen molar-refractivity contribution >= 4 is 8.32 Å². The molecule has 3 aliphatic rings. The lowest BCUT2D eigenvalue weighted by Gasteiger charge is -2.50. The Hall–Kier alpha value is 0.0969. The van der Waals surface area contributed by atoms with Crippen molar-refractivity contribution in [3.05, 3.63) is 0 Å². The number of rotatable bonds is 8. The second-order valence-corrected chi connectivity index (χ2v) is 18.3. The lowest BCUT2D eigenvalue weighted by Crippen LogP contribution is -2.50. The quantitative estimate of drug-likeness (QED) is 0.423. The molecule has 0 aliphatic heterocycles. The first-order valence-electron chi connectivity index (χ1n) is 12.7. The molecule has 3 rings (SSSR count). The summed E-state index contributed by atoms with van der Waals surface area (Å²) in [6.07, 6.45) is 11.2. The molecule has 2 N–H and O–H groups in total. The van der Waals surface area contributed by atoms with Gasteiger partial charge in [0.05, 0.1) is 5.60 Å². The van der Waals surface area contributed by atoms with Gasteiger partial charge in [0.2, 0.25) is 0 Å². The smallest absolute Gasteiger partial charge is 0.192 e. The standard InChI is InChI=1S/C26H50O3Si/c1-23(2,3)30(7,8)29-21-11-9-15-25(6)20(21)12-13-22(25)26(17-19(26)18-27)16-10-14-24(4,5)28/h19-22,27-28H,9-18H2,1-8H3/t19?,20?,21-,22?,25-,26?/m0/s1. The summed E-state index contributed by atoms with van der Waals surface area (Å²) in [5.41, 5.74) is 0.0755. The Morgan fingerprint density at radius 1 is 1.07 bits per heavy atom. The van der Waals surface area contributed by atoms with Crippen LogP contribution in [0.2, 0.25) is 18.1 Å². The summed E-state index contributed by atoms with van der Waals surface area (Å²) in [5.74, 6) is 1.86. The number of aliphatic hydroxyl groups is 2. The zero-order valence-electron chi connectivity index (χ0n) is 21.2. The van der Waals surface area contributed by atoms with Crippen molar-refractivity contribution in [3.63, 3.8) is 0 Å². The fourth-order valence-corrected chi connectivity index (χ4v) is 8.56. The summed E-state index contributed by atoms with van der Waals surface area (Å²) in [6.45, 7) is 18.6. The minimum Gasteiger partial charge on any atom is -0.414 e. The van der Waals surface area contributed by atoms with Gasteiger partial charge < -0.3 is 14.6 Å². The molecule has 30 heavy (non-hydrogen) atoms. The van der Waals surface area contributed by atoms with Crippen LogP contribution in [0.3, 0.4) is 0 Å². The van der Waals surface area contributed by atoms with Crippen LogP contribution < -0.4 is 0 Å². The third kappa shape index (κ3) is 4.58. The van der Waals surface area contributed by atoms with Gasteiger partial charge in [-0.15, -0.1) is 0 Å². The minimum atomic E-state index is -1.77. The lowest BCUT2D eigenvalue weighted by molar-refractivity contribution is -0.0321. The highest BCUT2D eigenvalue weighted by molar-refractivity contribution is 6.74. The second kappa shape index (κ2) is 8.15. The molecule has 0 aromatic rings. The van der Waals surface area contributed by atoms with Crippen molar-refractivity contribution in [1.29, 1.82) is 0 Å². The van der Waals surface area contributed by atoms with Crippen molar-refractivity contribution in [2.45, 2.75) is 129 Å². The number of fused-ring (bicyclic) bond motifs is 1. The van der Waals surface area contributed by atoms with E-state index < -0.39 is 13.9 Å². The van der Waals surface area contributed by atoms with Crippen LogP contribution in [0.1, 0.15) is 99.3 Å². The summed E-state index contributed by atoms with van der Waals surface area (Å²) in [7, 11) is -1.77. The molecule has 4 unspecified atom stereocenters. The van der Waals surface area contributed by atoms with Crippen LogP contribution in [-0.4, -0.2) is 36.8 Å². The molecule has 0 amide bonds. The van der Waals surface area contributed by atoms with E-state index in [0.717, 1.165) is 12.8 Å². The molecule has 176 valence electrons. The van der Waals surface area contributed by atoms with Crippen LogP contribution in [0.25, 0.3) is 0 Å². The molecule has 0 saturated heterocycles. The van der Waals surface area contributed by atoms with Gasteiger partial charge in [-0.25, -0.2) is 0 Å². The van der Waals surface area contributed by atoms with Gasteiger partial charge in [0.1, 0.15) is 0 Å². The van der Waals surface area contributed by atoms with E-state index in [4.69, 9.17) is 4.43 Å². The molecule has 6 atom stereocenters. The Morgan fingerprint density at radius 3 is 2.27 bits per heavy atom. The minimum absolute atomic E-state index is 0.260. The number of hydrogen-bond donors (Lipinski definition) is 2. The molecule has 3 fully saturated rings. The lowest BCUT2D eigenvalue weighted by atomic mass is 9.59. The molecule has 0 spiro atoms. The topological polar surface area (TPSA) is 49.7 Å². The van der Waals surface area contributed by atoms with Crippen LogP contribution in [0.4, 0.5) is 0 Å². The molecule has 3 aliphatic carbocycles. The number of aliphatic hydroxyl groups excluding tert-OH is 1. The van der Waals surface area contributed by atoms with Gasteiger partial charge in [-0.1, -0.05) is 40.5 Å². The van der Waals surface area contributed by atoms with Crippen molar-refractivity contribution in [2.24, 2.45) is 28.6 Å². The van der Waals surface area contributed by atoms with E-state index in [-0.39, 0.29) is 5.04 Å². The summed E-state index contributed by atoms with van der Waals surface area (Å²) in [4.78, 5) is 0. The van der Waals surface area contributed by atoms with Gasteiger partial charge in [-0.2, -0.15) is 0 Å². The zero-order valence-corrected chi connectivity index (χ0v) is 22.2. The Kier molecular flexibility index (Phi) is 6.72. The van der Waals surface area contributed by atoms with Gasteiger partial charge in [-0.05, 0) is 106 Å². The molecular weight excluding hydrogens is 388 g/mol. The van der Waals surface area contributed by atoms with E-state index in [1.807, 2.05) is 13.8 Å². The summed E-state index contributed by atoms with van der Waals surface area (Å²) in [6, 6.07) is 0. The maximum Gasteiger partial charge on any atom is 0.192 e. The summed E-state index contributed by atoms with van der Waals surface area (Å²) in [5, 5.41) is 20.5. The van der Waals surface area contributed by atoms with Crippen LogP contribution in [-0.2, 0) is 4.43 Å². The zero-order chi connectivity index (χ0) is 22.6. The van der Waals surface area contributed by atoms with Crippen LogP contribution in [0.15, 0.2) is 0 Å². The Morgan fingerprint density at radius 2 is 1.73 bits per heavy atom. The van der Waals surface area contributed by atoms with E-state index >= 15 is 0 Å². The van der Waals surface area contributed by atoms with Gasteiger partial charge in [-0.3, -0.25) is 0 Å². The fourth-order valence-electron chi connectivity index (χ4n) is 7.16. The predicted molar refractivity (Wildman–Crippen MR) is 128 cm³/mol. The van der Waals surface area contributed by atoms with Crippen LogP contribution >= 0.6 is 0 Å². The maximum absolute atomic E-state index is 10.2. The molecule has 4 heteroatoms. The van der Waals surface area contributed by atoms with Gasteiger partial charge in [0, 0.05) is 12.7 Å². The maximum atomic E-state index is 10.2. The molecule has 0 aromatic heterocycles. The normalized spacial score (nSPS) is 39.8.